The Balaban J connectivity index is 1.78. The van der Waals surface area contributed by atoms with Crippen LogP contribution in [-0.4, -0.2) is 30.4 Å². The Morgan fingerprint density at radius 1 is 1.11 bits per heavy atom. The van der Waals surface area contributed by atoms with Gasteiger partial charge in [0.25, 0.3) is 5.91 Å². The van der Waals surface area contributed by atoms with Gasteiger partial charge in [-0.1, -0.05) is 30.3 Å². The minimum atomic E-state index is -0.398. The maximum Gasteiger partial charge on any atom is 0.271 e. The lowest BCUT2D eigenvalue weighted by Gasteiger charge is -2.14. The lowest BCUT2D eigenvalue weighted by Crippen LogP contribution is -2.18. The van der Waals surface area contributed by atoms with E-state index in [1.807, 2.05) is 44.2 Å². The summed E-state index contributed by atoms with van der Waals surface area (Å²) in [6.07, 6.45) is 1.43. The second-order valence-electron chi connectivity index (χ2n) is 6.45. The summed E-state index contributed by atoms with van der Waals surface area (Å²) >= 11 is 0. The quantitative estimate of drug-likeness (QED) is 0.500. The highest BCUT2D eigenvalue weighted by Gasteiger charge is 2.12. The maximum absolute atomic E-state index is 12.4. The van der Waals surface area contributed by atoms with Gasteiger partial charge >= 0.3 is 0 Å². The number of aromatic hydroxyl groups is 1. The zero-order chi connectivity index (χ0) is 20.1. The van der Waals surface area contributed by atoms with Crippen molar-refractivity contribution >= 4 is 22.9 Å². The molecule has 0 atom stereocenters. The molecule has 0 saturated heterocycles. The molecule has 3 rings (SSSR count). The minimum absolute atomic E-state index is 0.00782. The summed E-state index contributed by atoms with van der Waals surface area (Å²) in [4.78, 5) is 12.4. The number of nitrogens with zero attached hydrogens (tertiary/aromatic N) is 1. The zero-order valence-electron chi connectivity index (χ0n) is 16.0. The summed E-state index contributed by atoms with van der Waals surface area (Å²) in [6, 6.07) is 16.0. The summed E-state index contributed by atoms with van der Waals surface area (Å²) in [7, 11) is 1.52. The molecule has 0 unspecified atom stereocenters. The van der Waals surface area contributed by atoms with E-state index in [0.717, 1.165) is 10.8 Å². The number of amides is 1. The molecule has 6 heteroatoms. The molecule has 1 amide bonds. The van der Waals surface area contributed by atoms with Crippen molar-refractivity contribution in [2.24, 2.45) is 5.10 Å². The lowest BCUT2D eigenvalue weighted by atomic mass is 10.0. The third-order valence-corrected chi connectivity index (χ3v) is 4.10. The van der Waals surface area contributed by atoms with E-state index in [0.29, 0.717) is 22.6 Å². The Bertz CT molecular complexity index is 1030. The molecule has 0 aliphatic rings. The normalized spacial score (nSPS) is 11.1. The van der Waals surface area contributed by atoms with Gasteiger partial charge in [0, 0.05) is 11.1 Å². The summed E-state index contributed by atoms with van der Waals surface area (Å²) in [6.45, 7) is 3.83. The van der Waals surface area contributed by atoms with Crippen LogP contribution in [-0.2, 0) is 0 Å². The minimum Gasteiger partial charge on any atom is -0.507 e. The molecule has 0 spiro atoms. The first-order valence-corrected chi connectivity index (χ1v) is 8.88. The molecule has 3 aromatic rings. The number of fused-ring (bicyclic) bond motifs is 1. The first-order chi connectivity index (χ1) is 13.5. The van der Waals surface area contributed by atoms with Gasteiger partial charge in [-0.2, -0.15) is 5.10 Å². The Kier molecular flexibility index (Phi) is 5.79. The average molecular weight is 378 g/mol. The Morgan fingerprint density at radius 3 is 2.64 bits per heavy atom. The van der Waals surface area contributed by atoms with E-state index in [2.05, 4.69) is 10.5 Å². The molecule has 0 fully saturated rings. The molecule has 6 nitrogen and oxygen atoms in total. The van der Waals surface area contributed by atoms with Gasteiger partial charge in [-0.15, -0.1) is 0 Å². The van der Waals surface area contributed by atoms with E-state index in [9.17, 15) is 9.90 Å². The van der Waals surface area contributed by atoms with Crippen molar-refractivity contribution in [2.75, 3.05) is 7.11 Å². The van der Waals surface area contributed by atoms with E-state index in [4.69, 9.17) is 9.47 Å². The summed E-state index contributed by atoms with van der Waals surface area (Å²) in [5.74, 6) is 0.731. The highest BCUT2D eigenvalue weighted by molar-refractivity contribution is 6.03. The smallest absolute Gasteiger partial charge is 0.271 e. The van der Waals surface area contributed by atoms with Crippen LogP contribution >= 0.6 is 0 Å². The van der Waals surface area contributed by atoms with Crippen molar-refractivity contribution in [1.29, 1.82) is 0 Å². The fraction of sp³-hybridized carbons (Fsp3) is 0.182. The van der Waals surface area contributed by atoms with Crippen LogP contribution < -0.4 is 14.9 Å². The molecule has 0 bridgehead atoms. The zero-order valence-corrected chi connectivity index (χ0v) is 16.0. The van der Waals surface area contributed by atoms with Crippen LogP contribution in [0.3, 0.4) is 0 Å². The van der Waals surface area contributed by atoms with Gasteiger partial charge in [0.2, 0.25) is 0 Å². The number of carbonyl (C=O) groups is 1. The molecule has 2 N–H and O–H groups in total. The van der Waals surface area contributed by atoms with E-state index in [1.165, 1.54) is 13.3 Å². The van der Waals surface area contributed by atoms with Gasteiger partial charge in [-0.3, -0.25) is 4.79 Å². The first-order valence-electron chi connectivity index (χ1n) is 8.88. The van der Waals surface area contributed by atoms with Crippen LogP contribution in [0.2, 0.25) is 0 Å². The third-order valence-electron chi connectivity index (χ3n) is 4.10. The number of methoxy groups -OCH3 is 1. The van der Waals surface area contributed by atoms with E-state index >= 15 is 0 Å². The summed E-state index contributed by atoms with van der Waals surface area (Å²) < 4.78 is 10.9. The molecule has 28 heavy (non-hydrogen) atoms. The molecule has 0 radical (unpaired) electrons. The number of carbonyl (C=O) groups excluding carboxylic acids is 1. The first kappa shape index (κ1) is 19.2. The molecule has 144 valence electrons. The average Bonchev–Trinajstić information content (AvgIpc) is 2.69. The standard InChI is InChI=1S/C22H22N2O4/c1-14(2)28-20-11-9-16(12-21(20)27-3)22(26)24-23-13-18-17-7-5-4-6-15(17)8-10-19(18)25/h4-14,25H,1-3H3,(H,24,26)/b23-13+. The van der Waals surface area contributed by atoms with Crippen LogP contribution in [0.4, 0.5) is 0 Å². The topological polar surface area (TPSA) is 80.2 Å². The molecule has 0 aromatic heterocycles. The van der Waals surface area contributed by atoms with Crippen molar-refractivity contribution in [3.05, 3.63) is 65.7 Å². The Hall–Kier alpha value is -3.54. The van der Waals surface area contributed by atoms with Gasteiger partial charge in [0.05, 0.1) is 19.4 Å². The highest BCUT2D eigenvalue weighted by Crippen LogP contribution is 2.29. The van der Waals surface area contributed by atoms with Crippen LogP contribution in [0.5, 0.6) is 17.2 Å². The molecular formula is C22H22N2O4. The number of nitrogens with one attached hydrogen (secondary N) is 1. The van der Waals surface area contributed by atoms with E-state index in [1.54, 1.807) is 24.3 Å². The van der Waals surface area contributed by atoms with Gasteiger partial charge < -0.3 is 14.6 Å². The van der Waals surface area contributed by atoms with Crippen LogP contribution in [0.25, 0.3) is 10.8 Å². The van der Waals surface area contributed by atoms with Gasteiger partial charge in [0.15, 0.2) is 11.5 Å². The molecule has 0 saturated carbocycles. The van der Waals surface area contributed by atoms with Crippen LogP contribution in [0.1, 0.15) is 29.8 Å². The fourth-order valence-electron chi connectivity index (χ4n) is 2.80. The Morgan fingerprint density at radius 2 is 1.89 bits per heavy atom. The van der Waals surface area contributed by atoms with Crippen molar-refractivity contribution < 1.29 is 19.4 Å². The second kappa shape index (κ2) is 8.43. The third kappa shape index (κ3) is 4.23. The number of ether oxygens (including phenoxy) is 2. The molecular weight excluding hydrogens is 356 g/mol. The Labute approximate surface area is 163 Å². The van der Waals surface area contributed by atoms with E-state index < -0.39 is 5.91 Å². The predicted molar refractivity (Wildman–Crippen MR) is 109 cm³/mol. The van der Waals surface area contributed by atoms with E-state index in [-0.39, 0.29) is 11.9 Å². The summed E-state index contributed by atoms with van der Waals surface area (Å²) in [5.41, 5.74) is 3.39. The highest BCUT2D eigenvalue weighted by atomic mass is 16.5. The number of hydrogen-bond donors (Lipinski definition) is 2. The molecule has 0 aliphatic carbocycles. The summed E-state index contributed by atoms with van der Waals surface area (Å²) in [5, 5.41) is 15.9. The lowest BCUT2D eigenvalue weighted by molar-refractivity contribution is 0.0954. The molecule has 0 aliphatic heterocycles. The number of benzene rings is 3. The fourth-order valence-corrected chi connectivity index (χ4v) is 2.80. The van der Waals surface area contributed by atoms with Crippen molar-refractivity contribution in [3.8, 4) is 17.2 Å². The molecule has 0 heterocycles. The number of phenolic OH excluding ortho intramolecular Hbond substituents is 1. The van der Waals surface area contributed by atoms with Gasteiger partial charge in [0.1, 0.15) is 5.75 Å². The number of rotatable bonds is 6. The van der Waals surface area contributed by atoms with Crippen molar-refractivity contribution in [2.45, 2.75) is 20.0 Å². The number of hydrogen-bond acceptors (Lipinski definition) is 5. The van der Waals surface area contributed by atoms with Crippen LogP contribution in [0, 0.1) is 0 Å². The molecule has 3 aromatic carbocycles. The predicted octanol–water partition coefficient (Wildman–Crippen LogP) is 4.11. The number of hydrazone groups is 1. The largest absolute Gasteiger partial charge is 0.507 e. The van der Waals surface area contributed by atoms with Crippen LogP contribution in [0.15, 0.2) is 59.7 Å². The van der Waals surface area contributed by atoms with Crippen molar-refractivity contribution in [1.82, 2.24) is 5.43 Å². The monoisotopic (exact) mass is 378 g/mol. The van der Waals surface area contributed by atoms with Gasteiger partial charge in [-0.25, -0.2) is 5.43 Å². The maximum atomic E-state index is 12.4. The van der Waals surface area contributed by atoms with Gasteiger partial charge in [-0.05, 0) is 48.9 Å². The second-order valence-corrected chi connectivity index (χ2v) is 6.45. The SMILES string of the molecule is COc1cc(C(=O)N/N=C/c2c(O)ccc3ccccc23)ccc1OC(C)C. The van der Waals surface area contributed by atoms with Crippen molar-refractivity contribution in [3.63, 3.8) is 0 Å². The number of phenols is 1.